The molecule has 0 spiro atoms. The molecular formula is C16H20ClN5O3S. The van der Waals surface area contributed by atoms with Crippen molar-refractivity contribution in [1.82, 2.24) is 25.5 Å². The number of carbonyl (C=O) groups is 1. The standard InChI is InChI=1S/C16H20ClN5O3S/c1-10(2)11-3-5-12(6-4-11)16-19-21-22(20-16)7-15(23)18-14-9-26(24,25)8-13(14)17/h3-6,10,13-14H,7-9H2,1-2H3,(H,18,23)/t13-,14+/m0/s1. The molecule has 8 nitrogen and oxygen atoms in total. The largest absolute Gasteiger partial charge is 0.349 e. The average Bonchev–Trinajstić information content (AvgIpc) is 3.11. The molecule has 2 heterocycles. The van der Waals surface area contributed by atoms with Crippen LogP contribution in [0.3, 0.4) is 0 Å². The van der Waals surface area contributed by atoms with Crippen molar-refractivity contribution in [3.05, 3.63) is 29.8 Å². The van der Waals surface area contributed by atoms with E-state index < -0.39 is 27.2 Å². The second-order valence-corrected chi connectivity index (χ2v) is 9.40. The van der Waals surface area contributed by atoms with E-state index in [0.29, 0.717) is 11.7 Å². The van der Waals surface area contributed by atoms with E-state index in [1.807, 2.05) is 24.3 Å². The Morgan fingerprint density at radius 3 is 2.58 bits per heavy atom. The summed E-state index contributed by atoms with van der Waals surface area (Å²) in [5.74, 6) is 0.174. The molecule has 10 heteroatoms. The van der Waals surface area contributed by atoms with Gasteiger partial charge in [0.2, 0.25) is 11.7 Å². The highest BCUT2D eigenvalue weighted by atomic mass is 35.5. The minimum atomic E-state index is -3.20. The minimum Gasteiger partial charge on any atom is -0.349 e. The molecule has 0 bridgehead atoms. The highest BCUT2D eigenvalue weighted by Gasteiger charge is 2.37. The number of benzene rings is 1. The molecule has 2 aromatic rings. The van der Waals surface area contributed by atoms with Crippen molar-refractivity contribution in [3.8, 4) is 11.4 Å². The molecule has 1 saturated heterocycles. The second kappa shape index (κ2) is 7.32. The first-order valence-electron chi connectivity index (χ1n) is 8.25. The molecule has 1 fully saturated rings. The first kappa shape index (κ1) is 18.8. The van der Waals surface area contributed by atoms with E-state index >= 15 is 0 Å². The summed E-state index contributed by atoms with van der Waals surface area (Å²) in [5.41, 5.74) is 2.02. The molecule has 0 aliphatic carbocycles. The lowest BCUT2D eigenvalue weighted by Crippen LogP contribution is -2.42. The number of alkyl halides is 1. The summed E-state index contributed by atoms with van der Waals surface area (Å²) in [6.07, 6.45) is 0. The molecule has 140 valence electrons. The van der Waals surface area contributed by atoms with Gasteiger partial charge in [0.1, 0.15) is 6.54 Å². The van der Waals surface area contributed by atoms with Gasteiger partial charge in [-0.05, 0) is 16.7 Å². The maximum absolute atomic E-state index is 12.1. The van der Waals surface area contributed by atoms with Crippen molar-refractivity contribution in [1.29, 1.82) is 0 Å². The van der Waals surface area contributed by atoms with Gasteiger partial charge in [0.05, 0.1) is 22.9 Å². The van der Waals surface area contributed by atoms with Gasteiger partial charge in [0.15, 0.2) is 9.84 Å². The zero-order chi connectivity index (χ0) is 18.9. The Morgan fingerprint density at radius 2 is 2.00 bits per heavy atom. The summed E-state index contributed by atoms with van der Waals surface area (Å²) < 4.78 is 23.1. The van der Waals surface area contributed by atoms with Crippen LogP contribution in [0.15, 0.2) is 24.3 Å². The monoisotopic (exact) mass is 397 g/mol. The first-order chi connectivity index (χ1) is 12.2. The van der Waals surface area contributed by atoms with Gasteiger partial charge in [0.25, 0.3) is 0 Å². The molecule has 3 rings (SSSR count). The molecule has 26 heavy (non-hydrogen) atoms. The molecule has 0 radical (unpaired) electrons. The Morgan fingerprint density at radius 1 is 1.31 bits per heavy atom. The summed E-state index contributed by atoms with van der Waals surface area (Å²) in [6.45, 7) is 4.07. The van der Waals surface area contributed by atoms with E-state index in [4.69, 9.17) is 11.6 Å². The SMILES string of the molecule is CC(C)c1ccc(-c2nnn(CC(=O)N[C@@H]3CS(=O)(=O)C[C@@H]3Cl)n2)cc1. The third kappa shape index (κ3) is 4.39. The number of nitrogens with one attached hydrogen (secondary N) is 1. The molecule has 1 aliphatic heterocycles. The molecule has 1 aliphatic rings. The predicted molar refractivity (Wildman–Crippen MR) is 97.6 cm³/mol. The van der Waals surface area contributed by atoms with E-state index in [0.717, 1.165) is 5.56 Å². The first-order valence-corrected chi connectivity index (χ1v) is 10.5. The Kier molecular flexibility index (Phi) is 5.29. The van der Waals surface area contributed by atoms with Crippen molar-refractivity contribution >= 4 is 27.3 Å². The Balaban J connectivity index is 1.62. The number of amides is 1. The minimum absolute atomic E-state index is 0.127. The van der Waals surface area contributed by atoms with Gasteiger partial charge in [-0.3, -0.25) is 4.79 Å². The maximum atomic E-state index is 12.1. The molecule has 1 aromatic carbocycles. The topological polar surface area (TPSA) is 107 Å². The van der Waals surface area contributed by atoms with Gasteiger partial charge < -0.3 is 5.32 Å². The third-order valence-electron chi connectivity index (χ3n) is 4.20. The van der Waals surface area contributed by atoms with Crippen molar-refractivity contribution in [2.45, 2.75) is 37.7 Å². The van der Waals surface area contributed by atoms with Crippen molar-refractivity contribution < 1.29 is 13.2 Å². The van der Waals surface area contributed by atoms with Crippen LogP contribution in [0.2, 0.25) is 0 Å². The number of sulfone groups is 1. The van der Waals surface area contributed by atoms with E-state index in [9.17, 15) is 13.2 Å². The fourth-order valence-corrected chi connectivity index (χ4v) is 5.31. The normalized spacial score (nSPS) is 21.8. The van der Waals surface area contributed by atoms with Crippen LogP contribution in [-0.2, 0) is 21.2 Å². The van der Waals surface area contributed by atoms with Crippen molar-refractivity contribution in [2.24, 2.45) is 0 Å². The molecule has 0 unspecified atom stereocenters. The lowest BCUT2D eigenvalue weighted by atomic mass is 10.0. The summed E-state index contributed by atoms with van der Waals surface area (Å²) in [4.78, 5) is 13.3. The Hall–Kier alpha value is -2.00. The highest BCUT2D eigenvalue weighted by molar-refractivity contribution is 7.91. The van der Waals surface area contributed by atoms with Gasteiger partial charge in [-0.2, -0.15) is 4.80 Å². The zero-order valence-electron chi connectivity index (χ0n) is 14.5. The average molecular weight is 398 g/mol. The van der Waals surface area contributed by atoms with E-state index in [2.05, 4.69) is 34.6 Å². The lowest BCUT2D eigenvalue weighted by molar-refractivity contribution is -0.122. The van der Waals surface area contributed by atoms with Crippen LogP contribution in [0.25, 0.3) is 11.4 Å². The van der Waals surface area contributed by atoms with Crippen molar-refractivity contribution in [3.63, 3.8) is 0 Å². The van der Waals surface area contributed by atoms with E-state index in [1.165, 1.54) is 10.4 Å². The Labute approximate surface area is 156 Å². The molecule has 2 atom stereocenters. The molecular weight excluding hydrogens is 378 g/mol. The van der Waals surface area contributed by atoms with Gasteiger partial charge >= 0.3 is 0 Å². The number of hydrogen-bond acceptors (Lipinski definition) is 6. The summed E-state index contributed by atoms with van der Waals surface area (Å²) in [7, 11) is -3.20. The molecule has 0 saturated carbocycles. The second-order valence-electron chi connectivity index (χ2n) is 6.69. The van der Waals surface area contributed by atoms with Gasteiger partial charge in [-0.25, -0.2) is 8.42 Å². The van der Waals surface area contributed by atoms with Crippen LogP contribution in [0.1, 0.15) is 25.3 Å². The van der Waals surface area contributed by atoms with Crippen LogP contribution in [0, 0.1) is 0 Å². The Bertz CT molecular complexity index is 895. The summed E-state index contributed by atoms with van der Waals surface area (Å²) in [6, 6.07) is 7.25. The lowest BCUT2D eigenvalue weighted by Gasteiger charge is -2.13. The summed E-state index contributed by atoms with van der Waals surface area (Å²) in [5, 5.41) is 14.0. The number of rotatable bonds is 5. The summed E-state index contributed by atoms with van der Waals surface area (Å²) >= 11 is 5.98. The number of hydrogen-bond donors (Lipinski definition) is 1. The zero-order valence-corrected chi connectivity index (χ0v) is 16.0. The quantitative estimate of drug-likeness (QED) is 0.754. The molecule has 1 aromatic heterocycles. The number of nitrogens with zero attached hydrogens (tertiary/aromatic N) is 4. The highest BCUT2D eigenvalue weighted by Crippen LogP contribution is 2.20. The van der Waals surface area contributed by atoms with Gasteiger partial charge in [-0.1, -0.05) is 38.1 Å². The third-order valence-corrected chi connectivity index (χ3v) is 6.58. The van der Waals surface area contributed by atoms with Crippen LogP contribution >= 0.6 is 11.6 Å². The molecule has 1 N–H and O–H groups in total. The van der Waals surface area contributed by atoms with Crippen molar-refractivity contribution in [2.75, 3.05) is 11.5 Å². The predicted octanol–water partition coefficient (Wildman–Crippen LogP) is 0.984. The van der Waals surface area contributed by atoms with E-state index in [-0.39, 0.29) is 18.1 Å². The van der Waals surface area contributed by atoms with Gasteiger partial charge in [-0.15, -0.1) is 21.8 Å². The maximum Gasteiger partial charge on any atom is 0.243 e. The number of tetrazole rings is 1. The number of aromatic nitrogens is 4. The van der Waals surface area contributed by atoms with Crippen LogP contribution in [0.5, 0.6) is 0 Å². The number of halogens is 1. The smallest absolute Gasteiger partial charge is 0.243 e. The fraction of sp³-hybridized carbons (Fsp3) is 0.500. The number of carbonyl (C=O) groups excluding carboxylic acids is 1. The van der Waals surface area contributed by atoms with Gasteiger partial charge in [0, 0.05) is 5.56 Å². The van der Waals surface area contributed by atoms with Crippen LogP contribution in [-0.4, -0.2) is 57.5 Å². The molecule has 1 amide bonds. The van der Waals surface area contributed by atoms with Crippen LogP contribution in [0.4, 0.5) is 0 Å². The van der Waals surface area contributed by atoms with Crippen LogP contribution < -0.4 is 5.32 Å². The fourth-order valence-electron chi connectivity index (χ4n) is 2.76. The van der Waals surface area contributed by atoms with E-state index in [1.54, 1.807) is 0 Å².